The summed E-state index contributed by atoms with van der Waals surface area (Å²) in [6.45, 7) is 0. The van der Waals surface area contributed by atoms with Gasteiger partial charge in [-0.15, -0.1) is 6.04 Å². The summed E-state index contributed by atoms with van der Waals surface area (Å²) >= 11 is 0. The molecule has 0 unspecified atom stereocenters. The van der Waals surface area contributed by atoms with E-state index in [1.807, 2.05) is 0 Å². The largest absolute Gasteiger partial charge is 1.00 e. The summed E-state index contributed by atoms with van der Waals surface area (Å²) in [5.74, 6) is 0. The number of rotatable bonds is 0. The Balaban J connectivity index is 0. The van der Waals surface area contributed by atoms with E-state index >= 15 is 0 Å². The zero-order valence-corrected chi connectivity index (χ0v) is 10.7. The van der Waals surface area contributed by atoms with Crippen LogP contribution in [0.1, 0.15) is 32.1 Å². The molecular weight excluding hydrogens is 203 g/mol. The van der Waals surface area contributed by atoms with Gasteiger partial charge in [0.1, 0.15) is 0 Å². The van der Waals surface area contributed by atoms with Crippen molar-refractivity contribution in [3.8, 4) is 0 Å². The molecule has 0 saturated heterocycles. The van der Waals surface area contributed by atoms with E-state index in [4.69, 9.17) is 18.7 Å². The van der Waals surface area contributed by atoms with Gasteiger partial charge >= 0.3 is 39.9 Å². The minimum absolute atomic E-state index is 0. The van der Waals surface area contributed by atoms with Crippen molar-refractivity contribution >= 4 is 10.3 Å². The summed E-state index contributed by atoms with van der Waals surface area (Å²) in [6.07, 6.45) is 6.28. The van der Waals surface area contributed by atoms with E-state index in [9.17, 15) is 0 Å². The number of nitrogens with one attached hydrogen (secondary N) is 1. The summed E-state index contributed by atoms with van der Waals surface area (Å²) < 4.78 is 25.2. The third kappa shape index (κ3) is 19.3. The monoisotopic (exact) mass is 218 g/mol. The predicted octanol–water partition coefficient (Wildman–Crippen LogP) is -1.88. The van der Waals surface area contributed by atoms with E-state index in [1.165, 1.54) is 19.3 Å². The average Bonchev–Trinajstić information content (AvgIpc) is 1.85. The molecule has 1 rings (SSSR count). The van der Waals surface area contributed by atoms with Crippen molar-refractivity contribution < 1.29 is 42.5 Å². The van der Waals surface area contributed by atoms with Gasteiger partial charge in [-0.05, 0) is 0 Å². The minimum atomic E-state index is -4.17. The molecule has 7 heteroatoms. The minimum Gasteiger partial charge on any atom is -0.675 e. The van der Waals surface area contributed by atoms with Crippen LogP contribution in [0.25, 0.3) is 5.73 Å². The van der Waals surface area contributed by atoms with Crippen LogP contribution in [0.15, 0.2) is 0 Å². The molecule has 13 heavy (non-hydrogen) atoms. The Hall–Kier alpha value is 0.830. The zero-order valence-electron chi connectivity index (χ0n) is 7.86. The van der Waals surface area contributed by atoms with Crippen LogP contribution >= 0.6 is 0 Å². The zero-order chi connectivity index (χ0) is 9.61. The van der Waals surface area contributed by atoms with Crippen molar-refractivity contribution in [2.45, 2.75) is 38.1 Å². The molecule has 0 spiro atoms. The maximum absolute atomic E-state index is 8.97. The molecule has 1 fully saturated rings. The molecule has 1 aliphatic rings. The first-order valence-electron chi connectivity index (χ1n) is 3.86. The van der Waals surface area contributed by atoms with E-state index in [0.29, 0.717) is 0 Å². The summed E-state index contributed by atoms with van der Waals surface area (Å²) in [7, 11) is -4.17. The van der Waals surface area contributed by atoms with E-state index in [2.05, 4.69) is 5.14 Å². The van der Waals surface area contributed by atoms with Gasteiger partial charge in [0.05, 0.1) is 0 Å². The Morgan fingerprint density at radius 2 is 1.54 bits per heavy atom. The fourth-order valence-electron chi connectivity index (χ4n) is 1.10. The van der Waals surface area contributed by atoms with Gasteiger partial charge in [0.15, 0.2) is 0 Å². The van der Waals surface area contributed by atoms with E-state index in [0.717, 1.165) is 12.8 Å². The normalized spacial score (nSPS) is 18.1. The molecule has 4 N–H and O–H groups in total. The molecule has 0 amide bonds. The fourth-order valence-corrected chi connectivity index (χ4v) is 1.10. The Morgan fingerprint density at radius 3 is 1.69 bits per heavy atom. The average molecular weight is 218 g/mol. The maximum Gasteiger partial charge on any atom is 1.00 e. The van der Waals surface area contributed by atoms with Crippen molar-refractivity contribution in [3.63, 3.8) is 0 Å². The van der Waals surface area contributed by atoms with Gasteiger partial charge in [-0.1, -0.05) is 32.1 Å². The molecule has 0 aromatic heterocycles. The Kier molecular flexibility index (Phi) is 10.2. The predicted molar refractivity (Wildman–Crippen MR) is 46.9 cm³/mol. The fraction of sp³-hybridized carbons (Fsp3) is 1.00. The third-order valence-corrected chi connectivity index (χ3v) is 1.61. The van der Waals surface area contributed by atoms with E-state index in [1.54, 1.807) is 0 Å². The summed E-state index contributed by atoms with van der Waals surface area (Å²) in [4.78, 5) is 0. The van der Waals surface area contributed by atoms with Gasteiger partial charge in [0, 0.05) is 0 Å². The van der Waals surface area contributed by atoms with Gasteiger partial charge in [0.2, 0.25) is 0 Å². The van der Waals surface area contributed by atoms with Crippen LogP contribution in [0.3, 0.4) is 0 Å². The summed E-state index contributed by atoms with van der Waals surface area (Å²) in [5.41, 5.74) is 7.27. The van der Waals surface area contributed by atoms with E-state index in [-0.39, 0.29) is 35.6 Å². The molecule has 5 nitrogen and oxygen atoms in total. The van der Waals surface area contributed by atoms with Crippen LogP contribution in [0.2, 0.25) is 0 Å². The second-order valence-electron chi connectivity index (χ2n) is 2.85. The number of hydrogen-bond donors (Lipinski definition) is 2. The van der Waals surface area contributed by atoms with Gasteiger partial charge in [-0.3, -0.25) is 4.55 Å². The Morgan fingerprint density at radius 1 is 1.23 bits per heavy atom. The van der Waals surface area contributed by atoms with Crippen LogP contribution in [-0.2, 0) is 10.3 Å². The molecule has 0 aliphatic heterocycles. The van der Waals surface area contributed by atoms with Crippen LogP contribution in [0.5, 0.6) is 0 Å². The standard InChI is InChI=1S/C6H12N.H3NO3S.Na/c7-6-4-2-1-3-5-6;1-5(2,3)4;/h6-7H,1-5H2;(H3,1,2,3,4);/q-1;;+1. The quantitative estimate of drug-likeness (QED) is 0.367. The molecule has 0 aromatic rings. The van der Waals surface area contributed by atoms with Gasteiger partial charge in [-0.2, -0.15) is 8.42 Å². The summed E-state index contributed by atoms with van der Waals surface area (Å²) in [5, 5.41) is 3.88. The van der Waals surface area contributed by atoms with Gasteiger partial charge in [-0.25, -0.2) is 5.14 Å². The molecule has 1 saturated carbocycles. The van der Waals surface area contributed by atoms with Gasteiger partial charge in [0.25, 0.3) is 0 Å². The van der Waals surface area contributed by atoms with Crippen molar-refractivity contribution in [1.29, 1.82) is 0 Å². The second kappa shape index (κ2) is 8.16. The van der Waals surface area contributed by atoms with Crippen LogP contribution in [-0.4, -0.2) is 19.0 Å². The topological polar surface area (TPSA) is 104 Å². The Bertz CT molecular complexity index is 194. The first-order valence-corrected chi connectivity index (χ1v) is 5.36. The van der Waals surface area contributed by atoms with Crippen molar-refractivity contribution in [3.05, 3.63) is 5.73 Å². The molecular formula is C6H15N2NaO3S. The van der Waals surface area contributed by atoms with Crippen LogP contribution in [0, 0.1) is 0 Å². The number of nitrogens with two attached hydrogens (primary N) is 1. The Labute approximate surface area is 101 Å². The summed E-state index contributed by atoms with van der Waals surface area (Å²) in [6, 6.07) is 0.286. The van der Waals surface area contributed by atoms with Crippen molar-refractivity contribution in [2.24, 2.45) is 5.14 Å². The smallest absolute Gasteiger partial charge is 0.675 e. The molecule has 1 aliphatic carbocycles. The third-order valence-electron chi connectivity index (χ3n) is 1.61. The number of hydrogen-bond acceptors (Lipinski definition) is 2. The molecule has 0 radical (unpaired) electrons. The van der Waals surface area contributed by atoms with Crippen molar-refractivity contribution in [2.75, 3.05) is 0 Å². The molecule has 74 valence electrons. The van der Waals surface area contributed by atoms with Crippen molar-refractivity contribution in [1.82, 2.24) is 0 Å². The first kappa shape index (κ1) is 16.3. The van der Waals surface area contributed by atoms with Crippen LogP contribution in [0.4, 0.5) is 0 Å². The maximum atomic E-state index is 8.97. The molecule has 0 bridgehead atoms. The molecule has 0 aromatic carbocycles. The molecule has 0 atom stereocenters. The van der Waals surface area contributed by atoms with E-state index < -0.39 is 10.3 Å². The SMILES string of the molecule is NS(=O)(=O)O.[NH-]C1CCCCC1.[Na+]. The van der Waals surface area contributed by atoms with Gasteiger partial charge < -0.3 is 5.73 Å². The second-order valence-corrected chi connectivity index (χ2v) is 3.88. The first-order chi connectivity index (χ1) is 5.39. The molecule has 0 heterocycles. The van der Waals surface area contributed by atoms with Crippen LogP contribution < -0.4 is 34.7 Å².